The van der Waals surface area contributed by atoms with Crippen molar-refractivity contribution < 1.29 is 13.2 Å². The highest BCUT2D eigenvalue weighted by molar-refractivity contribution is 5.88. The molecule has 4 rings (SSSR count). The summed E-state index contributed by atoms with van der Waals surface area (Å²) < 4.78 is 37.8. The van der Waals surface area contributed by atoms with E-state index in [1.54, 1.807) is 12.3 Å². The Kier molecular flexibility index (Phi) is 5.78. The predicted molar refractivity (Wildman–Crippen MR) is 111 cm³/mol. The number of benzene rings is 1. The van der Waals surface area contributed by atoms with Crippen molar-refractivity contribution in [2.24, 2.45) is 0 Å². The van der Waals surface area contributed by atoms with Crippen LogP contribution in [-0.2, 0) is 6.54 Å². The number of likely N-dealkylation sites (N-methyl/N-ethyl adjacent to an activating group) is 1. The highest BCUT2D eigenvalue weighted by atomic mass is 19.4. The van der Waals surface area contributed by atoms with E-state index in [0.29, 0.717) is 11.0 Å². The van der Waals surface area contributed by atoms with Crippen molar-refractivity contribution in [2.75, 3.05) is 50.4 Å². The SMILES string of the molecule is CN1CCN(Cc2ccc(Nc3nc(NCC(F)(F)F)c4cc[nH]c4n3)cc2)CC1. The molecule has 0 atom stereocenters. The Morgan fingerprint density at radius 1 is 1.03 bits per heavy atom. The van der Waals surface area contributed by atoms with E-state index in [2.05, 4.69) is 42.4 Å². The minimum atomic E-state index is -4.33. The van der Waals surface area contributed by atoms with Crippen LogP contribution in [0.5, 0.6) is 0 Å². The van der Waals surface area contributed by atoms with Gasteiger partial charge in [0.25, 0.3) is 0 Å². The highest BCUT2D eigenvalue weighted by Gasteiger charge is 2.27. The van der Waals surface area contributed by atoms with Crippen molar-refractivity contribution in [3.63, 3.8) is 0 Å². The largest absolute Gasteiger partial charge is 0.405 e. The van der Waals surface area contributed by atoms with Crippen LogP contribution in [0.25, 0.3) is 11.0 Å². The van der Waals surface area contributed by atoms with Crippen LogP contribution < -0.4 is 10.6 Å². The fourth-order valence-corrected chi connectivity index (χ4v) is 3.40. The van der Waals surface area contributed by atoms with Crippen LogP contribution in [0.2, 0.25) is 0 Å². The molecule has 0 aliphatic carbocycles. The van der Waals surface area contributed by atoms with E-state index in [0.717, 1.165) is 38.4 Å². The predicted octanol–water partition coefficient (Wildman–Crippen LogP) is 3.42. The molecule has 2 aromatic heterocycles. The highest BCUT2D eigenvalue weighted by Crippen LogP contribution is 2.25. The van der Waals surface area contributed by atoms with Gasteiger partial charge >= 0.3 is 6.18 Å². The average Bonchev–Trinajstić information content (AvgIpc) is 3.17. The second-order valence-corrected chi connectivity index (χ2v) is 7.51. The van der Waals surface area contributed by atoms with Crippen LogP contribution in [0, 0.1) is 0 Å². The molecule has 1 aliphatic heterocycles. The maximum absolute atomic E-state index is 12.6. The van der Waals surface area contributed by atoms with Gasteiger partial charge in [0, 0.05) is 44.6 Å². The molecule has 0 unspecified atom stereocenters. The first-order valence-corrected chi connectivity index (χ1v) is 9.78. The summed E-state index contributed by atoms with van der Waals surface area (Å²) >= 11 is 0. The van der Waals surface area contributed by atoms with Gasteiger partial charge in [-0.25, -0.2) is 0 Å². The quantitative estimate of drug-likeness (QED) is 0.569. The van der Waals surface area contributed by atoms with Gasteiger partial charge in [-0.15, -0.1) is 0 Å². The molecule has 3 N–H and O–H groups in total. The van der Waals surface area contributed by atoms with Gasteiger partial charge in [-0.1, -0.05) is 12.1 Å². The number of fused-ring (bicyclic) bond motifs is 1. The summed E-state index contributed by atoms with van der Waals surface area (Å²) in [6.45, 7) is 3.98. The Labute approximate surface area is 172 Å². The van der Waals surface area contributed by atoms with Crippen LogP contribution in [0.4, 0.5) is 30.6 Å². The molecule has 160 valence electrons. The molecule has 3 heterocycles. The zero-order valence-electron chi connectivity index (χ0n) is 16.6. The minimum absolute atomic E-state index is 0.132. The topological polar surface area (TPSA) is 72.1 Å². The smallest absolute Gasteiger partial charge is 0.360 e. The lowest BCUT2D eigenvalue weighted by Crippen LogP contribution is -2.43. The van der Waals surface area contributed by atoms with Gasteiger partial charge in [-0.2, -0.15) is 23.1 Å². The number of rotatable bonds is 6. The van der Waals surface area contributed by atoms with E-state index in [9.17, 15) is 13.2 Å². The van der Waals surface area contributed by atoms with Crippen molar-refractivity contribution in [1.29, 1.82) is 0 Å². The lowest BCUT2D eigenvalue weighted by atomic mass is 10.2. The minimum Gasteiger partial charge on any atom is -0.360 e. The van der Waals surface area contributed by atoms with Crippen LogP contribution in [0.1, 0.15) is 5.56 Å². The fraction of sp³-hybridized carbons (Fsp3) is 0.400. The number of piperazine rings is 1. The van der Waals surface area contributed by atoms with E-state index in [1.807, 2.05) is 24.3 Å². The van der Waals surface area contributed by atoms with E-state index in [4.69, 9.17) is 0 Å². The lowest BCUT2D eigenvalue weighted by molar-refractivity contribution is -0.115. The van der Waals surface area contributed by atoms with E-state index >= 15 is 0 Å². The number of nitrogens with one attached hydrogen (secondary N) is 3. The molecule has 3 aromatic rings. The number of aromatic nitrogens is 3. The number of hydrogen-bond acceptors (Lipinski definition) is 6. The molecule has 1 aliphatic rings. The Hall–Kier alpha value is -2.85. The molecule has 10 heteroatoms. The first kappa shape index (κ1) is 20.4. The number of alkyl halides is 3. The Morgan fingerprint density at radius 3 is 2.47 bits per heavy atom. The van der Waals surface area contributed by atoms with Gasteiger partial charge in [0.15, 0.2) is 0 Å². The Morgan fingerprint density at radius 2 is 1.77 bits per heavy atom. The summed E-state index contributed by atoms with van der Waals surface area (Å²) in [5, 5.41) is 5.94. The summed E-state index contributed by atoms with van der Waals surface area (Å²) in [4.78, 5) is 16.2. The zero-order chi connectivity index (χ0) is 21.1. The number of aromatic amines is 1. The van der Waals surface area contributed by atoms with Crippen LogP contribution >= 0.6 is 0 Å². The Bertz CT molecular complexity index is 976. The normalized spacial score (nSPS) is 16.1. The molecular formula is C20H24F3N7. The summed E-state index contributed by atoms with van der Waals surface area (Å²) in [5.74, 6) is 0.356. The lowest BCUT2D eigenvalue weighted by Gasteiger charge is -2.32. The summed E-state index contributed by atoms with van der Waals surface area (Å²) in [7, 11) is 2.13. The number of hydrogen-bond donors (Lipinski definition) is 3. The zero-order valence-corrected chi connectivity index (χ0v) is 16.6. The molecule has 0 bridgehead atoms. The molecule has 7 nitrogen and oxygen atoms in total. The molecule has 0 amide bonds. The molecular weight excluding hydrogens is 395 g/mol. The van der Waals surface area contributed by atoms with Crippen molar-refractivity contribution in [3.05, 3.63) is 42.1 Å². The number of H-pyrrole nitrogens is 1. The van der Waals surface area contributed by atoms with Crippen molar-refractivity contribution in [1.82, 2.24) is 24.8 Å². The third kappa shape index (κ3) is 5.19. The third-order valence-corrected chi connectivity index (χ3v) is 5.08. The van der Waals surface area contributed by atoms with Gasteiger partial charge < -0.3 is 20.5 Å². The molecule has 1 fully saturated rings. The van der Waals surface area contributed by atoms with Gasteiger partial charge in [0.05, 0.1) is 5.39 Å². The van der Waals surface area contributed by atoms with Gasteiger partial charge in [0.2, 0.25) is 5.95 Å². The van der Waals surface area contributed by atoms with Crippen LogP contribution in [0.3, 0.4) is 0 Å². The van der Waals surface area contributed by atoms with Gasteiger partial charge in [-0.3, -0.25) is 4.90 Å². The van der Waals surface area contributed by atoms with E-state index in [-0.39, 0.29) is 11.8 Å². The molecule has 1 aromatic carbocycles. The summed E-state index contributed by atoms with van der Waals surface area (Å²) in [5.41, 5.74) is 2.44. The maximum Gasteiger partial charge on any atom is 0.405 e. The molecule has 1 saturated heterocycles. The fourth-order valence-electron chi connectivity index (χ4n) is 3.40. The van der Waals surface area contributed by atoms with E-state index < -0.39 is 12.7 Å². The van der Waals surface area contributed by atoms with Crippen LogP contribution in [-0.4, -0.2) is 70.7 Å². The number of halogens is 3. The first-order chi connectivity index (χ1) is 14.4. The summed E-state index contributed by atoms with van der Waals surface area (Å²) in [6, 6.07) is 9.57. The van der Waals surface area contributed by atoms with Gasteiger partial charge in [-0.05, 0) is 30.8 Å². The average molecular weight is 419 g/mol. The van der Waals surface area contributed by atoms with Crippen LogP contribution in [0.15, 0.2) is 36.5 Å². The Balaban J connectivity index is 1.44. The number of nitrogens with zero attached hydrogens (tertiary/aromatic N) is 4. The second-order valence-electron chi connectivity index (χ2n) is 7.51. The second kappa shape index (κ2) is 8.49. The first-order valence-electron chi connectivity index (χ1n) is 9.78. The van der Waals surface area contributed by atoms with Gasteiger partial charge in [0.1, 0.15) is 18.0 Å². The van der Waals surface area contributed by atoms with E-state index in [1.165, 1.54) is 5.56 Å². The summed E-state index contributed by atoms with van der Waals surface area (Å²) in [6.07, 6.45) is -2.71. The molecule has 30 heavy (non-hydrogen) atoms. The van der Waals surface area contributed by atoms with Crippen molar-refractivity contribution >= 4 is 28.5 Å². The maximum atomic E-state index is 12.6. The third-order valence-electron chi connectivity index (χ3n) is 5.08. The van der Waals surface area contributed by atoms with Crippen molar-refractivity contribution in [3.8, 4) is 0 Å². The molecule has 0 spiro atoms. The molecule has 0 saturated carbocycles. The number of anilines is 3. The molecule has 0 radical (unpaired) electrons. The monoisotopic (exact) mass is 419 g/mol. The van der Waals surface area contributed by atoms with Crippen molar-refractivity contribution in [2.45, 2.75) is 12.7 Å². The standard InChI is InChI=1S/C20H24F3N7/c1-29-8-10-30(11-9-29)12-14-2-4-15(5-3-14)26-19-27-17-16(6-7-24-17)18(28-19)25-13-20(21,22)23/h2-7H,8-13H2,1H3,(H3,24,25,26,27,28).